The summed E-state index contributed by atoms with van der Waals surface area (Å²) in [4.78, 5) is 30.8. The van der Waals surface area contributed by atoms with Gasteiger partial charge in [0, 0.05) is 13.3 Å². The van der Waals surface area contributed by atoms with Gasteiger partial charge in [-0.3, -0.25) is 9.59 Å². The molecule has 0 fully saturated rings. The minimum atomic E-state index is -3.31. The number of likely N-dealkylation sites (N-methyl/N-ethyl adjacent to an activating group) is 1. The Labute approximate surface area is 172 Å². The molecule has 0 aliphatic carbocycles. The summed E-state index contributed by atoms with van der Waals surface area (Å²) < 4.78 is 24.8. The summed E-state index contributed by atoms with van der Waals surface area (Å²) in [6.07, 6.45) is 1.14. The van der Waals surface area contributed by atoms with Crippen molar-refractivity contribution in [2.45, 2.75) is 4.90 Å². The summed E-state index contributed by atoms with van der Waals surface area (Å²) in [6, 6.07) is 8.08. The summed E-state index contributed by atoms with van der Waals surface area (Å²) in [5.74, 6) is -0.633. The number of benzene rings is 1. The van der Waals surface area contributed by atoms with E-state index in [4.69, 9.17) is 0 Å². The van der Waals surface area contributed by atoms with Crippen molar-refractivity contribution >= 4 is 75.6 Å². The number of thiazole rings is 1. The van der Waals surface area contributed by atoms with Crippen LogP contribution >= 0.6 is 38.6 Å². The smallest absolute Gasteiger partial charge is 0.264 e. The van der Waals surface area contributed by atoms with Crippen LogP contribution in [0.5, 0.6) is 0 Å². The molecule has 0 spiro atoms. The molecule has 11 heteroatoms. The number of thiophene rings is 1. The number of anilines is 1. The van der Waals surface area contributed by atoms with Crippen LogP contribution in [0.1, 0.15) is 9.67 Å². The highest BCUT2D eigenvalue weighted by atomic mass is 79.9. The van der Waals surface area contributed by atoms with Gasteiger partial charge in [-0.25, -0.2) is 13.4 Å². The first-order valence-electron chi connectivity index (χ1n) is 7.55. The van der Waals surface area contributed by atoms with Gasteiger partial charge < -0.3 is 10.2 Å². The van der Waals surface area contributed by atoms with Crippen molar-refractivity contribution in [3.8, 4) is 0 Å². The zero-order chi connectivity index (χ0) is 19.8. The molecule has 2 aromatic heterocycles. The van der Waals surface area contributed by atoms with Gasteiger partial charge in [0.2, 0.25) is 5.91 Å². The maximum absolute atomic E-state index is 12.3. The topological polar surface area (TPSA) is 96.4 Å². The number of carbonyl (C=O) groups excluding carboxylic acids is 2. The van der Waals surface area contributed by atoms with Crippen LogP contribution in [0.4, 0.5) is 5.13 Å². The number of halogens is 1. The van der Waals surface area contributed by atoms with Gasteiger partial charge in [-0.1, -0.05) is 11.3 Å². The fraction of sp³-hybridized carbons (Fsp3) is 0.188. The Morgan fingerprint density at radius 1 is 1.22 bits per heavy atom. The van der Waals surface area contributed by atoms with Crippen molar-refractivity contribution < 1.29 is 18.0 Å². The van der Waals surface area contributed by atoms with E-state index in [0.717, 1.165) is 10.0 Å². The molecule has 0 saturated carbocycles. The van der Waals surface area contributed by atoms with Crippen LogP contribution in [-0.4, -0.2) is 50.0 Å². The number of nitrogens with zero attached hydrogens (tertiary/aromatic N) is 2. The standard InChI is InChI=1S/C16H14BrN3O4S3/c1-20(15(22)11-5-6-13(17)25-11)8-14(21)19-16-18-10-4-3-9(27(2,23)24)7-12(10)26-16/h3-7H,8H2,1-2H3,(H,18,19,21). The highest BCUT2D eigenvalue weighted by molar-refractivity contribution is 9.11. The van der Waals surface area contributed by atoms with E-state index in [1.165, 1.54) is 39.7 Å². The molecule has 0 aliphatic heterocycles. The van der Waals surface area contributed by atoms with E-state index in [1.807, 2.05) is 0 Å². The minimum absolute atomic E-state index is 0.126. The average molecular weight is 488 g/mol. The van der Waals surface area contributed by atoms with E-state index in [9.17, 15) is 18.0 Å². The van der Waals surface area contributed by atoms with E-state index in [1.54, 1.807) is 25.2 Å². The van der Waals surface area contributed by atoms with Crippen LogP contribution in [0.3, 0.4) is 0 Å². The predicted octanol–water partition coefficient (Wildman–Crippen LogP) is 3.23. The van der Waals surface area contributed by atoms with Gasteiger partial charge in [-0.05, 0) is 46.3 Å². The molecule has 0 radical (unpaired) electrons. The van der Waals surface area contributed by atoms with Gasteiger partial charge in [-0.2, -0.15) is 0 Å². The Hall–Kier alpha value is -1.82. The lowest BCUT2D eigenvalue weighted by Crippen LogP contribution is -2.34. The van der Waals surface area contributed by atoms with E-state index < -0.39 is 9.84 Å². The van der Waals surface area contributed by atoms with Crippen molar-refractivity contribution in [1.82, 2.24) is 9.88 Å². The number of carbonyl (C=O) groups is 2. The van der Waals surface area contributed by atoms with Crippen LogP contribution < -0.4 is 5.32 Å². The fourth-order valence-electron chi connectivity index (χ4n) is 2.25. The van der Waals surface area contributed by atoms with E-state index in [-0.39, 0.29) is 23.3 Å². The second kappa shape index (κ2) is 7.66. The Kier molecular flexibility index (Phi) is 5.65. The van der Waals surface area contributed by atoms with E-state index in [0.29, 0.717) is 20.2 Å². The molecule has 3 aromatic rings. The van der Waals surface area contributed by atoms with E-state index in [2.05, 4.69) is 26.2 Å². The largest absolute Gasteiger partial charge is 0.332 e. The molecule has 1 N–H and O–H groups in total. The Balaban J connectivity index is 1.69. The molecule has 27 heavy (non-hydrogen) atoms. The summed E-state index contributed by atoms with van der Waals surface area (Å²) in [5, 5.41) is 3.00. The number of rotatable bonds is 5. The van der Waals surface area contributed by atoms with E-state index >= 15 is 0 Å². The zero-order valence-electron chi connectivity index (χ0n) is 14.2. The van der Waals surface area contributed by atoms with Gasteiger partial charge >= 0.3 is 0 Å². The van der Waals surface area contributed by atoms with Crippen LogP contribution in [-0.2, 0) is 14.6 Å². The van der Waals surface area contributed by atoms with Crippen LogP contribution in [0.15, 0.2) is 39.0 Å². The van der Waals surface area contributed by atoms with Crippen molar-refractivity contribution in [3.05, 3.63) is 39.0 Å². The number of hydrogen-bond donors (Lipinski definition) is 1. The second-order valence-electron chi connectivity index (χ2n) is 5.73. The van der Waals surface area contributed by atoms with Gasteiger partial charge in [0.1, 0.15) is 0 Å². The third-order valence-corrected chi connectivity index (χ3v) is 7.20. The molecule has 142 valence electrons. The molecule has 1 aromatic carbocycles. The van der Waals surface area contributed by atoms with Crippen LogP contribution in [0.2, 0.25) is 0 Å². The second-order valence-corrected chi connectivity index (χ2v) is 11.2. The first-order chi connectivity index (χ1) is 12.6. The summed E-state index contributed by atoms with van der Waals surface area (Å²) in [6.45, 7) is -0.126. The summed E-state index contributed by atoms with van der Waals surface area (Å²) in [5.41, 5.74) is 0.593. The lowest BCUT2D eigenvalue weighted by Gasteiger charge is -2.15. The number of hydrogen-bond acceptors (Lipinski definition) is 7. The van der Waals surface area contributed by atoms with Crippen molar-refractivity contribution in [1.29, 1.82) is 0 Å². The first-order valence-corrected chi connectivity index (χ1v) is 11.9. The van der Waals surface area contributed by atoms with Crippen LogP contribution in [0, 0.1) is 0 Å². The molecule has 2 amide bonds. The van der Waals surface area contributed by atoms with Crippen LogP contribution in [0.25, 0.3) is 10.2 Å². The minimum Gasteiger partial charge on any atom is -0.332 e. The molecule has 0 aliphatic rings. The maximum Gasteiger partial charge on any atom is 0.264 e. The lowest BCUT2D eigenvalue weighted by atomic mass is 10.3. The van der Waals surface area contributed by atoms with Crippen molar-refractivity contribution in [2.24, 2.45) is 0 Å². The summed E-state index contributed by atoms with van der Waals surface area (Å²) >= 11 is 5.77. The molecule has 0 unspecified atom stereocenters. The molecule has 0 bridgehead atoms. The predicted molar refractivity (Wildman–Crippen MR) is 110 cm³/mol. The Morgan fingerprint density at radius 2 is 1.96 bits per heavy atom. The zero-order valence-corrected chi connectivity index (χ0v) is 18.3. The number of amides is 2. The molecular weight excluding hydrogens is 474 g/mol. The average Bonchev–Trinajstić information content (AvgIpc) is 3.17. The fourth-order valence-corrected chi connectivity index (χ4v) is 5.28. The number of fused-ring (bicyclic) bond motifs is 1. The molecule has 0 atom stereocenters. The van der Waals surface area contributed by atoms with Gasteiger partial charge in [0.05, 0.1) is 30.3 Å². The number of aromatic nitrogens is 1. The first kappa shape index (κ1) is 19.9. The summed E-state index contributed by atoms with van der Waals surface area (Å²) in [7, 11) is -1.77. The number of sulfone groups is 1. The highest BCUT2D eigenvalue weighted by Gasteiger charge is 2.18. The van der Waals surface area contributed by atoms with Crippen molar-refractivity contribution in [2.75, 3.05) is 25.2 Å². The number of nitrogens with one attached hydrogen (secondary N) is 1. The quantitative estimate of drug-likeness (QED) is 0.595. The normalized spacial score (nSPS) is 11.5. The van der Waals surface area contributed by atoms with Gasteiger partial charge in [-0.15, -0.1) is 11.3 Å². The van der Waals surface area contributed by atoms with Gasteiger partial charge in [0.15, 0.2) is 15.0 Å². The van der Waals surface area contributed by atoms with Gasteiger partial charge in [0.25, 0.3) is 5.91 Å². The molecular formula is C16H14BrN3O4S3. The maximum atomic E-state index is 12.3. The molecule has 0 saturated heterocycles. The third kappa shape index (κ3) is 4.72. The Morgan fingerprint density at radius 3 is 2.59 bits per heavy atom. The SMILES string of the molecule is CN(CC(=O)Nc1nc2ccc(S(C)(=O)=O)cc2s1)C(=O)c1ccc(Br)s1. The molecule has 2 heterocycles. The highest BCUT2D eigenvalue weighted by Crippen LogP contribution is 2.28. The molecule has 3 rings (SSSR count). The monoisotopic (exact) mass is 487 g/mol. The third-order valence-electron chi connectivity index (χ3n) is 3.55. The Bertz CT molecular complexity index is 1140. The molecule has 7 nitrogen and oxygen atoms in total. The van der Waals surface area contributed by atoms with Crippen molar-refractivity contribution in [3.63, 3.8) is 0 Å². The lowest BCUT2D eigenvalue weighted by molar-refractivity contribution is -0.116.